The van der Waals surface area contributed by atoms with Crippen molar-refractivity contribution in [3.05, 3.63) is 192 Å². The summed E-state index contributed by atoms with van der Waals surface area (Å²) in [6.45, 7) is 7.75. The van der Waals surface area contributed by atoms with Gasteiger partial charge in [0.15, 0.2) is 17.3 Å². The Hall–Kier alpha value is -6.94. The fourth-order valence-corrected chi connectivity index (χ4v) is 7.34. The molecule has 0 radical (unpaired) electrons. The third kappa shape index (κ3) is 7.29. The third-order valence-electron chi connectivity index (χ3n) is 9.71. The fourth-order valence-electron chi connectivity index (χ4n) is 7.34. The van der Waals surface area contributed by atoms with Gasteiger partial charge in [-0.15, -0.1) is 0 Å². The highest BCUT2D eigenvalue weighted by Gasteiger charge is 2.42. The van der Waals surface area contributed by atoms with Crippen molar-refractivity contribution < 1.29 is 22.8 Å². The van der Waals surface area contributed by atoms with Crippen LogP contribution in [0.3, 0.4) is 0 Å². The first kappa shape index (κ1) is 37.0. The molecule has 286 valence electrons. The summed E-state index contributed by atoms with van der Waals surface area (Å²) in [7, 11) is 0. The quantitative estimate of drug-likeness (QED) is 0.109. The average Bonchev–Trinajstić information content (AvgIpc) is 4.03. The van der Waals surface area contributed by atoms with Crippen LogP contribution in [0.5, 0.6) is 11.5 Å². The van der Waals surface area contributed by atoms with E-state index in [1.807, 2.05) is 118 Å². The zero-order valence-corrected chi connectivity index (χ0v) is 32.1. The van der Waals surface area contributed by atoms with Gasteiger partial charge >= 0.3 is 0 Å². The molecule has 57 heavy (non-hydrogen) atoms. The average molecular weight is 760 g/mol. The number of benzene rings is 5. The predicted octanol–water partition coefficient (Wildman–Crippen LogP) is 10.9. The summed E-state index contributed by atoms with van der Waals surface area (Å²) < 4.78 is 42.9. The molecule has 0 saturated carbocycles. The second-order valence-corrected chi connectivity index (χ2v) is 13.9. The number of nitrogens with zero attached hydrogens (tertiary/aromatic N) is 4. The van der Waals surface area contributed by atoms with E-state index in [1.54, 1.807) is 25.3 Å². The van der Waals surface area contributed by atoms with Gasteiger partial charge in [0.1, 0.15) is 28.8 Å². The number of halogens is 1. The summed E-state index contributed by atoms with van der Waals surface area (Å²) in [5, 5.41) is 7.77. The third-order valence-corrected chi connectivity index (χ3v) is 9.71. The van der Waals surface area contributed by atoms with Crippen LogP contribution in [0.15, 0.2) is 161 Å². The van der Waals surface area contributed by atoms with E-state index in [1.165, 1.54) is 0 Å². The van der Waals surface area contributed by atoms with Crippen molar-refractivity contribution >= 4 is 5.69 Å². The van der Waals surface area contributed by atoms with Crippen LogP contribution in [-0.2, 0) is 5.54 Å². The molecule has 1 unspecified atom stereocenters. The van der Waals surface area contributed by atoms with Crippen molar-refractivity contribution in [2.45, 2.75) is 45.4 Å². The molecule has 0 amide bonds. The number of imidazole rings is 1. The molecule has 0 saturated heterocycles. The van der Waals surface area contributed by atoms with Gasteiger partial charge in [0, 0.05) is 36.0 Å². The lowest BCUT2D eigenvalue weighted by atomic mass is 9.76. The SMILES string of the molecule is CCOc1cc(OC(C)C)c(F)c(C(Nc2ccc(-c3noc(C)n3)cc2)c2nc(-c3ccco3)cn2C(c2ccccc2)(c2ccccc2)c2ccccc2)c1. The highest BCUT2D eigenvalue weighted by Crippen LogP contribution is 2.46. The summed E-state index contributed by atoms with van der Waals surface area (Å²) in [5.74, 6) is 1.99. The van der Waals surface area contributed by atoms with E-state index in [4.69, 9.17) is 23.4 Å². The van der Waals surface area contributed by atoms with Crippen molar-refractivity contribution in [3.63, 3.8) is 0 Å². The van der Waals surface area contributed by atoms with Crippen molar-refractivity contribution in [3.8, 4) is 34.3 Å². The number of aryl methyl sites for hydroxylation is 1. The maximum Gasteiger partial charge on any atom is 0.223 e. The van der Waals surface area contributed by atoms with Crippen LogP contribution in [-0.4, -0.2) is 32.4 Å². The van der Waals surface area contributed by atoms with Gasteiger partial charge in [0.05, 0.1) is 19.0 Å². The Morgan fingerprint density at radius 3 is 1.95 bits per heavy atom. The number of furan rings is 1. The maximum absolute atomic E-state index is 17.4. The molecule has 8 aromatic rings. The van der Waals surface area contributed by atoms with Gasteiger partial charge in [0.25, 0.3) is 0 Å². The Kier molecular flexibility index (Phi) is 10.4. The zero-order chi connectivity index (χ0) is 39.4. The Morgan fingerprint density at radius 2 is 1.42 bits per heavy atom. The van der Waals surface area contributed by atoms with Crippen molar-refractivity contribution in [1.29, 1.82) is 0 Å². The van der Waals surface area contributed by atoms with E-state index in [0.29, 0.717) is 47.0 Å². The van der Waals surface area contributed by atoms with Gasteiger partial charge in [-0.3, -0.25) is 0 Å². The monoisotopic (exact) mass is 759 g/mol. The van der Waals surface area contributed by atoms with E-state index in [2.05, 4.69) is 56.4 Å². The molecule has 5 aromatic carbocycles. The van der Waals surface area contributed by atoms with E-state index < -0.39 is 17.4 Å². The summed E-state index contributed by atoms with van der Waals surface area (Å²) in [6.07, 6.45) is 3.31. The summed E-state index contributed by atoms with van der Waals surface area (Å²) >= 11 is 0. The number of ether oxygens (including phenoxy) is 2. The predicted molar refractivity (Wildman–Crippen MR) is 218 cm³/mol. The lowest BCUT2D eigenvalue weighted by Crippen LogP contribution is -2.39. The van der Waals surface area contributed by atoms with Crippen molar-refractivity contribution in [1.82, 2.24) is 19.7 Å². The van der Waals surface area contributed by atoms with E-state index >= 15 is 4.39 Å². The molecule has 9 nitrogen and oxygen atoms in total. The molecule has 10 heteroatoms. The number of anilines is 1. The highest BCUT2D eigenvalue weighted by molar-refractivity contribution is 5.62. The van der Waals surface area contributed by atoms with Crippen LogP contribution in [0.1, 0.15) is 60.8 Å². The molecule has 1 atom stereocenters. The molecular formula is C47H42FN5O4. The Balaban J connectivity index is 1.44. The first-order chi connectivity index (χ1) is 27.8. The number of hydrogen-bond donors (Lipinski definition) is 1. The van der Waals surface area contributed by atoms with Gasteiger partial charge < -0.3 is 28.3 Å². The highest BCUT2D eigenvalue weighted by atomic mass is 19.1. The lowest BCUT2D eigenvalue weighted by molar-refractivity contribution is 0.228. The minimum absolute atomic E-state index is 0.0744. The summed E-state index contributed by atoms with van der Waals surface area (Å²) in [4.78, 5) is 9.76. The molecule has 8 rings (SSSR count). The van der Waals surface area contributed by atoms with E-state index in [-0.39, 0.29) is 17.4 Å². The zero-order valence-electron chi connectivity index (χ0n) is 32.1. The topological polar surface area (TPSA) is 100 Å². The molecule has 0 spiro atoms. The first-order valence-electron chi connectivity index (χ1n) is 19.0. The fraction of sp³-hybridized carbons (Fsp3) is 0.170. The summed E-state index contributed by atoms with van der Waals surface area (Å²) in [5.41, 5.74) is 4.20. The second-order valence-electron chi connectivity index (χ2n) is 13.9. The normalized spacial score (nSPS) is 12.1. The van der Waals surface area contributed by atoms with Crippen LogP contribution in [0.4, 0.5) is 10.1 Å². The number of rotatable bonds is 14. The smallest absolute Gasteiger partial charge is 0.223 e. The molecule has 0 aliphatic rings. The number of aromatic nitrogens is 4. The van der Waals surface area contributed by atoms with Crippen LogP contribution in [0.25, 0.3) is 22.8 Å². The molecule has 0 aliphatic heterocycles. The Labute approximate surface area is 330 Å². The van der Waals surface area contributed by atoms with Crippen molar-refractivity contribution in [2.24, 2.45) is 0 Å². The Morgan fingerprint density at radius 1 is 0.789 bits per heavy atom. The maximum atomic E-state index is 17.4. The second kappa shape index (κ2) is 16.0. The minimum atomic E-state index is -1.01. The molecule has 3 aromatic heterocycles. The molecular weight excluding hydrogens is 718 g/mol. The van der Waals surface area contributed by atoms with Gasteiger partial charge in [-0.1, -0.05) is 96.2 Å². The molecule has 3 heterocycles. The standard InChI is InChI=1S/C47H42FN5O4/c1-5-54-38-28-39(43(48)42(29-38)56-31(2)3)44(50-37-25-23-33(24-26-37)45-49-32(4)57-52-45)46-51-40(41-22-15-27-55-41)30-53(46)47(34-16-9-6-10-17-34,35-18-11-7-12-19-35)36-20-13-8-14-21-36/h6-31,44,50H,5H2,1-4H3. The number of hydrogen-bond acceptors (Lipinski definition) is 8. The number of nitrogens with one attached hydrogen (secondary N) is 1. The van der Waals surface area contributed by atoms with Gasteiger partial charge in [-0.25, -0.2) is 9.37 Å². The van der Waals surface area contributed by atoms with Crippen LogP contribution in [0, 0.1) is 12.7 Å². The minimum Gasteiger partial charge on any atom is -0.494 e. The molecule has 0 aliphatic carbocycles. The lowest BCUT2D eigenvalue weighted by Gasteiger charge is -2.39. The van der Waals surface area contributed by atoms with Crippen LogP contribution >= 0.6 is 0 Å². The van der Waals surface area contributed by atoms with Gasteiger partial charge in [-0.05, 0) is 79.9 Å². The van der Waals surface area contributed by atoms with Crippen molar-refractivity contribution in [2.75, 3.05) is 11.9 Å². The molecule has 0 bridgehead atoms. The molecule has 0 fully saturated rings. The van der Waals surface area contributed by atoms with E-state index in [0.717, 1.165) is 22.3 Å². The van der Waals surface area contributed by atoms with Gasteiger partial charge in [0.2, 0.25) is 11.7 Å². The first-order valence-corrected chi connectivity index (χ1v) is 19.0. The largest absolute Gasteiger partial charge is 0.494 e. The Bertz CT molecular complexity index is 2440. The van der Waals surface area contributed by atoms with Crippen LogP contribution in [0.2, 0.25) is 0 Å². The molecule has 1 N–H and O–H groups in total. The van der Waals surface area contributed by atoms with Gasteiger partial charge in [-0.2, -0.15) is 4.98 Å². The van der Waals surface area contributed by atoms with Crippen LogP contribution < -0.4 is 14.8 Å². The summed E-state index contributed by atoms with van der Waals surface area (Å²) in [6, 6.07) is 44.6. The van der Waals surface area contributed by atoms with E-state index in [9.17, 15) is 0 Å².